The van der Waals surface area contributed by atoms with E-state index in [0.717, 1.165) is 16.7 Å². The van der Waals surface area contributed by atoms with Crippen LogP contribution in [-0.2, 0) is 15.1 Å². The lowest BCUT2D eigenvalue weighted by Gasteiger charge is -2.23. The summed E-state index contributed by atoms with van der Waals surface area (Å²) in [6.45, 7) is 1.86. The van der Waals surface area contributed by atoms with Crippen molar-refractivity contribution in [3.8, 4) is 11.1 Å². The van der Waals surface area contributed by atoms with Gasteiger partial charge in [-0.25, -0.2) is 9.59 Å². The van der Waals surface area contributed by atoms with Crippen LogP contribution in [-0.4, -0.2) is 33.3 Å². The van der Waals surface area contributed by atoms with E-state index in [1.165, 1.54) is 6.20 Å². The Morgan fingerprint density at radius 3 is 2.54 bits per heavy atom. The van der Waals surface area contributed by atoms with Crippen molar-refractivity contribution < 1.29 is 19.4 Å². The molecule has 0 amide bonds. The maximum absolute atomic E-state index is 12.4. The fourth-order valence-electron chi connectivity index (χ4n) is 3.47. The number of anilines is 1. The summed E-state index contributed by atoms with van der Waals surface area (Å²) in [5.74, 6) is -1.36. The second-order valence-electron chi connectivity index (χ2n) is 6.96. The number of carbonyl (C=O) groups is 2. The van der Waals surface area contributed by atoms with E-state index in [-0.39, 0.29) is 11.4 Å². The number of nitrogens with zero attached hydrogens (tertiary/aromatic N) is 1. The Morgan fingerprint density at radius 2 is 1.86 bits per heavy atom. The predicted molar refractivity (Wildman–Crippen MR) is 103 cm³/mol. The summed E-state index contributed by atoms with van der Waals surface area (Å²) in [4.78, 5) is 23.6. The summed E-state index contributed by atoms with van der Waals surface area (Å²) in [5, 5.41) is 18.4. The van der Waals surface area contributed by atoms with Gasteiger partial charge in [-0.15, -0.1) is 0 Å². The van der Waals surface area contributed by atoms with Crippen LogP contribution in [0.25, 0.3) is 11.1 Å². The van der Waals surface area contributed by atoms with Crippen LogP contribution in [0.2, 0.25) is 0 Å². The summed E-state index contributed by atoms with van der Waals surface area (Å²) in [6, 6.07) is 17.3. The molecule has 2 aromatic carbocycles. The van der Waals surface area contributed by atoms with Crippen molar-refractivity contribution in [1.29, 1.82) is 0 Å². The standard InChI is InChI=1S/C21H19N3O4/c1-21(15-9-7-14(8-10-15)13-5-3-2-4-6-13)11-17(20(27)28-21)23-18-16(19(25)26)12-22-24-18/h2-10,12,17H,11H2,1H3,(H,25,26)(H2,22,23,24). The van der Waals surface area contributed by atoms with Crippen molar-refractivity contribution >= 4 is 17.8 Å². The average molecular weight is 377 g/mol. The van der Waals surface area contributed by atoms with Gasteiger partial charge in [0.2, 0.25) is 0 Å². The lowest BCUT2D eigenvalue weighted by molar-refractivity contribution is -0.148. The third-order valence-electron chi connectivity index (χ3n) is 5.00. The van der Waals surface area contributed by atoms with Gasteiger partial charge in [-0.05, 0) is 23.6 Å². The van der Waals surface area contributed by atoms with E-state index in [1.807, 2.05) is 61.5 Å². The minimum Gasteiger partial charge on any atom is -0.477 e. The zero-order chi connectivity index (χ0) is 19.7. The van der Waals surface area contributed by atoms with Crippen LogP contribution < -0.4 is 5.32 Å². The number of hydrogen-bond donors (Lipinski definition) is 3. The Bertz CT molecular complexity index is 1010. The van der Waals surface area contributed by atoms with Gasteiger partial charge in [0.25, 0.3) is 0 Å². The number of aromatic amines is 1. The van der Waals surface area contributed by atoms with E-state index in [9.17, 15) is 14.7 Å². The maximum Gasteiger partial charge on any atom is 0.341 e. The second-order valence-corrected chi connectivity index (χ2v) is 6.96. The third-order valence-corrected chi connectivity index (χ3v) is 5.00. The lowest BCUT2D eigenvalue weighted by atomic mass is 9.90. The number of carbonyl (C=O) groups excluding carboxylic acids is 1. The average Bonchev–Trinajstić information content (AvgIpc) is 3.28. The largest absolute Gasteiger partial charge is 0.477 e. The summed E-state index contributed by atoms with van der Waals surface area (Å²) in [6.07, 6.45) is 1.57. The van der Waals surface area contributed by atoms with Crippen LogP contribution in [0.3, 0.4) is 0 Å². The third kappa shape index (κ3) is 3.22. The zero-order valence-corrected chi connectivity index (χ0v) is 15.2. The zero-order valence-electron chi connectivity index (χ0n) is 15.2. The molecule has 2 heterocycles. The molecule has 0 radical (unpaired) electrons. The highest BCUT2D eigenvalue weighted by Crippen LogP contribution is 2.38. The first kappa shape index (κ1) is 17.8. The fraction of sp³-hybridized carbons (Fsp3) is 0.190. The number of carboxylic acid groups (broad SMARTS) is 1. The van der Waals surface area contributed by atoms with Gasteiger partial charge in [0.1, 0.15) is 23.0 Å². The van der Waals surface area contributed by atoms with Gasteiger partial charge in [-0.1, -0.05) is 54.6 Å². The molecule has 2 unspecified atom stereocenters. The van der Waals surface area contributed by atoms with Crippen LogP contribution in [0.5, 0.6) is 0 Å². The quantitative estimate of drug-likeness (QED) is 0.589. The number of cyclic esters (lactones) is 1. The second kappa shape index (κ2) is 6.84. The number of aromatic nitrogens is 2. The lowest BCUT2D eigenvalue weighted by Crippen LogP contribution is -2.26. The molecule has 142 valence electrons. The summed E-state index contributed by atoms with van der Waals surface area (Å²) >= 11 is 0. The van der Waals surface area contributed by atoms with E-state index in [1.54, 1.807) is 0 Å². The first-order chi connectivity index (χ1) is 13.5. The van der Waals surface area contributed by atoms with Gasteiger partial charge in [0.05, 0.1) is 6.20 Å². The number of hydrogen-bond acceptors (Lipinski definition) is 5. The Kier molecular flexibility index (Phi) is 4.35. The van der Waals surface area contributed by atoms with Crippen molar-refractivity contribution in [2.24, 2.45) is 0 Å². The van der Waals surface area contributed by atoms with Gasteiger partial charge < -0.3 is 15.2 Å². The molecule has 0 spiro atoms. The topological polar surface area (TPSA) is 104 Å². The van der Waals surface area contributed by atoms with Crippen LogP contribution in [0.4, 0.5) is 5.82 Å². The van der Waals surface area contributed by atoms with E-state index >= 15 is 0 Å². The number of rotatable bonds is 5. The Hall–Kier alpha value is -3.61. The fourth-order valence-corrected chi connectivity index (χ4v) is 3.47. The molecule has 7 heteroatoms. The highest BCUT2D eigenvalue weighted by atomic mass is 16.6. The molecule has 2 atom stereocenters. The van der Waals surface area contributed by atoms with Gasteiger partial charge in [-0.3, -0.25) is 5.10 Å². The van der Waals surface area contributed by atoms with Crippen LogP contribution in [0.1, 0.15) is 29.3 Å². The number of carboxylic acids is 1. The van der Waals surface area contributed by atoms with Gasteiger partial charge in [0, 0.05) is 6.42 Å². The molecule has 7 nitrogen and oxygen atoms in total. The number of aromatic carboxylic acids is 1. The summed E-state index contributed by atoms with van der Waals surface area (Å²) < 4.78 is 5.66. The normalized spacial score (nSPS) is 21.3. The van der Waals surface area contributed by atoms with E-state index < -0.39 is 23.6 Å². The van der Waals surface area contributed by atoms with E-state index in [0.29, 0.717) is 6.42 Å². The van der Waals surface area contributed by atoms with Gasteiger partial charge in [-0.2, -0.15) is 5.10 Å². The van der Waals surface area contributed by atoms with Gasteiger partial charge >= 0.3 is 11.9 Å². The Labute approximate surface area is 161 Å². The van der Waals surface area contributed by atoms with Crippen molar-refractivity contribution in [2.45, 2.75) is 25.0 Å². The first-order valence-electron chi connectivity index (χ1n) is 8.88. The molecular weight excluding hydrogens is 358 g/mol. The Morgan fingerprint density at radius 1 is 1.18 bits per heavy atom. The minimum absolute atomic E-state index is 0.0198. The smallest absolute Gasteiger partial charge is 0.341 e. The minimum atomic E-state index is -1.12. The molecule has 28 heavy (non-hydrogen) atoms. The van der Waals surface area contributed by atoms with E-state index in [2.05, 4.69) is 15.5 Å². The monoisotopic (exact) mass is 377 g/mol. The van der Waals surface area contributed by atoms with Crippen LogP contribution in [0.15, 0.2) is 60.8 Å². The number of benzene rings is 2. The molecule has 1 fully saturated rings. The number of esters is 1. The SMILES string of the molecule is CC1(c2ccc(-c3ccccc3)cc2)CC(Nc2[nH]ncc2C(=O)O)C(=O)O1. The molecule has 0 bridgehead atoms. The van der Waals surface area contributed by atoms with Crippen molar-refractivity contribution in [3.63, 3.8) is 0 Å². The molecule has 1 aliphatic rings. The van der Waals surface area contributed by atoms with Crippen LogP contribution >= 0.6 is 0 Å². The summed E-state index contributed by atoms with van der Waals surface area (Å²) in [7, 11) is 0. The van der Waals surface area contributed by atoms with Crippen molar-refractivity contribution in [1.82, 2.24) is 10.2 Å². The predicted octanol–water partition coefficient (Wildman–Crippen LogP) is 3.42. The molecule has 3 aromatic rings. The van der Waals surface area contributed by atoms with Crippen molar-refractivity contribution in [2.75, 3.05) is 5.32 Å². The Balaban J connectivity index is 1.53. The van der Waals surface area contributed by atoms with Crippen LogP contribution in [0, 0.1) is 0 Å². The highest BCUT2D eigenvalue weighted by molar-refractivity contribution is 5.94. The van der Waals surface area contributed by atoms with E-state index in [4.69, 9.17) is 4.74 Å². The molecule has 1 saturated heterocycles. The molecule has 3 N–H and O–H groups in total. The summed E-state index contributed by atoms with van der Waals surface area (Å²) in [5.41, 5.74) is 2.26. The van der Waals surface area contributed by atoms with Crippen molar-refractivity contribution in [3.05, 3.63) is 71.9 Å². The molecule has 1 aliphatic heterocycles. The highest BCUT2D eigenvalue weighted by Gasteiger charge is 2.45. The first-order valence-corrected chi connectivity index (χ1v) is 8.88. The maximum atomic E-state index is 12.4. The number of ether oxygens (including phenoxy) is 1. The molecule has 4 rings (SSSR count). The molecule has 0 aliphatic carbocycles. The molecule has 0 saturated carbocycles. The number of nitrogens with one attached hydrogen (secondary N) is 2. The molecular formula is C21H19N3O4. The van der Waals surface area contributed by atoms with Gasteiger partial charge in [0.15, 0.2) is 0 Å². The number of H-pyrrole nitrogens is 1. The molecule has 1 aromatic heterocycles.